The van der Waals surface area contributed by atoms with E-state index in [0.29, 0.717) is 3.70 Å². The van der Waals surface area contributed by atoms with Crippen molar-refractivity contribution in [1.82, 2.24) is 4.98 Å². The molecule has 0 aliphatic carbocycles. The Morgan fingerprint density at radius 1 is 1.31 bits per heavy atom. The Hall–Kier alpha value is -0.710. The summed E-state index contributed by atoms with van der Waals surface area (Å²) < 4.78 is 14.5. The molecule has 0 spiro atoms. The Balaban J connectivity index is 2.61. The third-order valence-corrected chi connectivity index (χ3v) is 3.39. The molecule has 1 heterocycles. The minimum absolute atomic E-state index is 0.146. The van der Waals surface area contributed by atoms with Crippen LogP contribution in [0.25, 0.3) is 10.9 Å². The zero-order valence-electron chi connectivity index (χ0n) is 9.13. The Morgan fingerprint density at radius 3 is 2.81 bits per heavy atom. The molecule has 0 fully saturated rings. The molecule has 0 radical (unpaired) electrons. The van der Waals surface area contributed by atoms with E-state index in [1.54, 1.807) is 0 Å². The number of aromatic nitrogens is 1. The first-order valence-corrected chi connectivity index (χ1v) is 6.54. The average molecular weight is 329 g/mol. The van der Waals surface area contributed by atoms with Gasteiger partial charge in [0, 0.05) is 5.39 Å². The van der Waals surface area contributed by atoms with E-state index in [4.69, 9.17) is 0 Å². The summed E-state index contributed by atoms with van der Waals surface area (Å²) in [7, 11) is 0. The predicted molar refractivity (Wildman–Crippen MR) is 73.0 cm³/mol. The van der Waals surface area contributed by atoms with Crippen LogP contribution in [0.4, 0.5) is 4.39 Å². The van der Waals surface area contributed by atoms with Crippen LogP contribution in [0.2, 0.25) is 0 Å². The zero-order valence-corrected chi connectivity index (χ0v) is 11.3. The van der Waals surface area contributed by atoms with Gasteiger partial charge >= 0.3 is 0 Å². The minimum atomic E-state index is -0.146. The molecule has 0 atom stereocenters. The Morgan fingerprint density at radius 2 is 2.06 bits per heavy atom. The molecule has 2 rings (SSSR count). The second-order valence-electron chi connectivity index (χ2n) is 3.82. The van der Waals surface area contributed by atoms with Gasteiger partial charge < -0.3 is 0 Å². The maximum absolute atomic E-state index is 14.0. The topological polar surface area (TPSA) is 12.9 Å². The third-order valence-electron chi connectivity index (χ3n) is 2.67. The number of pyridine rings is 1. The van der Waals surface area contributed by atoms with Crippen molar-refractivity contribution in [1.29, 1.82) is 0 Å². The lowest BCUT2D eigenvalue weighted by Gasteiger charge is -2.08. The van der Waals surface area contributed by atoms with Gasteiger partial charge in [-0.15, -0.1) is 0 Å². The quantitative estimate of drug-likeness (QED) is 0.604. The van der Waals surface area contributed by atoms with E-state index in [0.717, 1.165) is 35.7 Å². The highest BCUT2D eigenvalue weighted by Crippen LogP contribution is 2.24. The van der Waals surface area contributed by atoms with Gasteiger partial charge in [0.1, 0.15) is 3.70 Å². The number of fused-ring (bicyclic) bond motifs is 1. The van der Waals surface area contributed by atoms with Crippen molar-refractivity contribution >= 4 is 33.5 Å². The lowest BCUT2D eigenvalue weighted by atomic mass is 10.0. The summed E-state index contributed by atoms with van der Waals surface area (Å²) in [6, 6.07) is 7.76. The molecule has 1 nitrogen and oxygen atoms in total. The van der Waals surface area contributed by atoms with Crippen LogP contribution >= 0.6 is 22.6 Å². The summed E-state index contributed by atoms with van der Waals surface area (Å²) in [5, 5.41) is 0.953. The Bertz CT molecular complexity index is 511. The molecule has 0 unspecified atom stereocenters. The number of hydrogen-bond acceptors (Lipinski definition) is 1. The van der Waals surface area contributed by atoms with Crippen LogP contribution in [0.3, 0.4) is 0 Å². The molecule has 1 aromatic heterocycles. The maximum Gasteiger partial charge on any atom is 0.158 e. The molecular formula is C13H13FIN. The van der Waals surface area contributed by atoms with E-state index in [9.17, 15) is 4.39 Å². The standard InChI is InChI=1S/C13H13FIN/c1-2-3-6-10-9-7-4-5-8-11(9)16-13(15)12(10)14/h4-5,7-8H,2-3,6H2,1H3. The Labute approximate surface area is 108 Å². The number of aryl methyl sites for hydroxylation is 1. The van der Waals surface area contributed by atoms with Crippen molar-refractivity contribution in [2.75, 3.05) is 0 Å². The van der Waals surface area contributed by atoms with Crippen molar-refractivity contribution < 1.29 is 4.39 Å². The van der Waals surface area contributed by atoms with Gasteiger partial charge in [0.05, 0.1) is 5.52 Å². The van der Waals surface area contributed by atoms with Gasteiger partial charge in [-0.1, -0.05) is 31.5 Å². The van der Waals surface area contributed by atoms with E-state index < -0.39 is 0 Å². The van der Waals surface area contributed by atoms with E-state index in [2.05, 4.69) is 11.9 Å². The predicted octanol–water partition coefficient (Wildman–Crippen LogP) is 4.32. The van der Waals surface area contributed by atoms with Crippen LogP contribution in [-0.2, 0) is 6.42 Å². The molecule has 2 aromatic rings. The minimum Gasteiger partial charge on any atom is -0.239 e. The molecule has 0 aliphatic rings. The lowest BCUT2D eigenvalue weighted by Crippen LogP contribution is -1.99. The van der Waals surface area contributed by atoms with E-state index in [1.807, 2.05) is 46.9 Å². The highest BCUT2D eigenvalue weighted by atomic mass is 127. The summed E-state index contributed by atoms with van der Waals surface area (Å²) in [4.78, 5) is 4.26. The third kappa shape index (κ3) is 2.19. The lowest BCUT2D eigenvalue weighted by molar-refractivity contribution is 0.592. The monoisotopic (exact) mass is 329 g/mol. The molecule has 0 N–H and O–H groups in total. The second kappa shape index (κ2) is 5.08. The van der Waals surface area contributed by atoms with Crippen molar-refractivity contribution in [3.63, 3.8) is 0 Å². The fraction of sp³-hybridized carbons (Fsp3) is 0.308. The van der Waals surface area contributed by atoms with Gasteiger partial charge in [-0.2, -0.15) is 0 Å². The molecule has 0 aliphatic heterocycles. The van der Waals surface area contributed by atoms with Gasteiger partial charge in [-0.3, -0.25) is 0 Å². The first-order chi connectivity index (χ1) is 7.74. The van der Waals surface area contributed by atoms with Gasteiger partial charge in [0.25, 0.3) is 0 Å². The van der Waals surface area contributed by atoms with Crippen molar-refractivity contribution in [2.45, 2.75) is 26.2 Å². The molecule has 0 saturated heterocycles. The molecule has 0 bridgehead atoms. The first kappa shape index (κ1) is 11.8. The van der Waals surface area contributed by atoms with Gasteiger partial charge in [-0.05, 0) is 47.1 Å². The summed E-state index contributed by atoms with van der Waals surface area (Å²) in [6.07, 6.45) is 2.88. The van der Waals surface area contributed by atoms with E-state index in [1.165, 1.54) is 0 Å². The SMILES string of the molecule is CCCCc1c(F)c(I)nc2ccccc12. The highest BCUT2D eigenvalue weighted by molar-refractivity contribution is 14.1. The average Bonchev–Trinajstić information content (AvgIpc) is 2.30. The summed E-state index contributed by atoms with van der Waals surface area (Å²) in [6.45, 7) is 2.12. The van der Waals surface area contributed by atoms with Crippen LogP contribution in [0, 0.1) is 9.52 Å². The molecule has 16 heavy (non-hydrogen) atoms. The van der Waals surface area contributed by atoms with E-state index in [-0.39, 0.29) is 5.82 Å². The molecule has 0 saturated carbocycles. The number of nitrogens with zero attached hydrogens (tertiary/aromatic N) is 1. The Kier molecular flexibility index (Phi) is 3.74. The first-order valence-electron chi connectivity index (χ1n) is 5.46. The number of benzene rings is 1. The molecule has 0 amide bonds. The fourth-order valence-electron chi connectivity index (χ4n) is 1.82. The zero-order chi connectivity index (χ0) is 11.5. The molecule has 3 heteroatoms. The maximum atomic E-state index is 14.0. The summed E-state index contributed by atoms with van der Waals surface area (Å²) in [5.74, 6) is -0.146. The fourth-order valence-corrected chi connectivity index (χ4v) is 2.41. The van der Waals surface area contributed by atoms with Gasteiger partial charge in [-0.25, -0.2) is 9.37 Å². The van der Waals surface area contributed by atoms with Crippen molar-refractivity contribution in [3.8, 4) is 0 Å². The normalized spacial score (nSPS) is 10.9. The van der Waals surface area contributed by atoms with Crippen molar-refractivity contribution in [2.24, 2.45) is 0 Å². The van der Waals surface area contributed by atoms with Crippen LogP contribution in [0.1, 0.15) is 25.3 Å². The largest absolute Gasteiger partial charge is 0.239 e. The van der Waals surface area contributed by atoms with Crippen LogP contribution in [0.15, 0.2) is 24.3 Å². The van der Waals surface area contributed by atoms with Crippen molar-refractivity contribution in [3.05, 3.63) is 39.3 Å². The van der Waals surface area contributed by atoms with Crippen LogP contribution in [-0.4, -0.2) is 4.98 Å². The van der Waals surface area contributed by atoms with Gasteiger partial charge in [0.15, 0.2) is 5.82 Å². The number of para-hydroxylation sites is 1. The van der Waals surface area contributed by atoms with E-state index >= 15 is 0 Å². The smallest absolute Gasteiger partial charge is 0.158 e. The molecule has 1 aromatic carbocycles. The molecule has 84 valence electrons. The second-order valence-corrected chi connectivity index (χ2v) is 4.84. The number of rotatable bonds is 3. The van der Waals surface area contributed by atoms with Gasteiger partial charge in [0.2, 0.25) is 0 Å². The summed E-state index contributed by atoms with van der Waals surface area (Å²) in [5.41, 5.74) is 1.70. The molecular weight excluding hydrogens is 316 g/mol. The number of hydrogen-bond donors (Lipinski definition) is 0. The number of halogens is 2. The van der Waals surface area contributed by atoms with Crippen LogP contribution in [0.5, 0.6) is 0 Å². The summed E-state index contributed by atoms with van der Waals surface area (Å²) >= 11 is 1.96. The number of unbranched alkanes of at least 4 members (excludes halogenated alkanes) is 1. The highest BCUT2D eigenvalue weighted by Gasteiger charge is 2.12. The van der Waals surface area contributed by atoms with Crippen LogP contribution < -0.4 is 0 Å².